The highest BCUT2D eigenvalue weighted by Crippen LogP contribution is 2.31. The highest BCUT2D eigenvalue weighted by Gasteiger charge is 2.17. The summed E-state index contributed by atoms with van der Waals surface area (Å²) in [7, 11) is 0. The van der Waals surface area contributed by atoms with E-state index in [1.807, 2.05) is 0 Å². The lowest BCUT2D eigenvalue weighted by Crippen LogP contribution is -2.27. The lowest BCUT2D eigenvalue weighted by atomic mass is 10.0. The van der Waals surface area contributed by atoms with Gasteiger partial charge >= 0.3 is 0 Å². The van der Waals surface area contributed by atoms with Gasteiger partial charge in [0, 0.05) is 22.9 Å². The van der Waals surface area contributed by atoms with Crippen LogP contribution in [-0.2, 0) is 0 Å². The maximum Gasteiger partial charge on any atom is 0.215 e. The van der Waals surface area contributed by atoms with E-state index in [1.165, 1.54) is 16.9 Å². The van der Waals surface area contributed by atoms with Crippen molar-refractivity contribution in [1.29, 1.82) is 5.26 Å². The molecule has 0 unspecified atom stereocenters. The predicted octanol–water partition coefficient (Wildman–Crippen LogP) is 2.87. The van der Waals surface area contributed by atoms with Gasteiger partial charge in [0.1, 0.15) is 18.4 Å². The first-order valence-electron chi connectivity index (χ1n) is 7.68. The fraction of sp³-hybridized carbons (Fsp3) is 0.278. The van der Waals surface area contributed by atoms with Gasteiger partial charge in [-0.25, -0.2) is 9.50 Å². The Morgan fingerprint density at radius 3 is 2.76 bits per heavy atom. The fourth-order valence-corrected chi connectivity index (χ4v) is 2.44. The normalized spacial score (nSPS) is 11.5. The molecule has 3 aromatic heterocycles. The average Bonchev–Trinajstić information content (AvgIpc) is 2.97. The van der Waals surface area contributed by atoms with Gasteiger partial charge in [-0.2, -0.15) is 14.8 Å². The first kappa shape index (κ1) is 16.9. The molecule has 0 saturated heterocycles. The minimum absolute atomic E-state index is 0.0883. The van der Waals surface area contributed by atoms with Crippen molar-refractivity contribution in [3.8, 4) is 22.9 Å². The number of hydrogen-bond donors (Lipinski definition) is 1. The molecule has 0 aliphatic rings. The van der Waals surface area contributed by atoms with Gasteiger partial charge in [0.05, 0.1) is 29.1 Å². The zero-order valence-corrected chi connectivity index (χ0v) is 14.1. The van der Waals surface area contributed by atoms with Crippen molar-refractivity contribution >= 4 is 5.52 Å². The van der Waals surface area contributed by atoms with Crippen LogP contribution in [0.4, 0.5) is 4.39 Å². The summed E-state index contributed by atoms with van der Waals surface area (Å²) in [6.45, 7) is 4.99. The van der Waals surface area contributed by atoms with Gasteiger partial charge in [-0.3, -0.25) is 0 Å². The Morgan fingerprint density at radius 1 is 1.36 bits per heavy atom. The monoisotopic (exact) mass is 340 g/mol. The van der Waals surface area contributed by atoms with Crippen molar-refractivity contribution in [2.45, 2.75) is 26.4 Å². The van der Waals surface area contributed by atoms with E-state index in [9.17, 15) is 14.8 Å². The molecule has 25 heavy (non-hydrogen) atoms. The van der Waals surface area contributed by atoms with Crippen molar-refractivity contribution < 1.29 is 14.2 Å². The number of fused-ring (bicyclic) bond motifs is 1. The summed E-state index contributed by atoms with van der Waals surface area (Å²) in [5, 5.41) is 23.4. The number of hydrogen-bond acceptors (Lipinski definition) is 5. The number of nitrogens with zero attached hydrogens (tertiary/aromatic N) is 4. The molecule has 0 aromatic carbocycles. The zero-order chi connectivity index (χ0) is 18.2. The van der Waals surface area contributed by atoms with Gasteiger partial charge in [0.15, 0.2) is 0 Å². The molecule has 3 rings (SSSR count). The summed E-state index contributed by atoms with van der Waals surface area (Å²) in [5.74, 6) is -0.0672. The van der Waals surface area contributed by atoms with Gasteiger partial charge in [-0.05, 0) is 32.9 Å². The Bertz CT molecular complexity index is 983. The van der Waals surface area contributed by atoms with Crippen LogP contribution in [0.15, 0.2) is 30.7 Å². The molecule has 0 bridgehead atoms. The van der Waals surface area contributed by atoms with E-state index in [1.54, 1.807) is 39.1 Å². The minimum Gasteiger partial charge on any atom is -0.489 e. The molecular weight excluding hydrogens is 323 g/mol. The first-order valence-corrected chi connectivity index (χ1v) is 7.68. The quantitative estimate of drug-likeness (QED) is 0.738. The number of pyridine rings is 2. The molecule has 3 aromatic rings. The standard InChI is InChI=1S/C18H17FN4O2/c1-11-4-12(7-21-17(11)19)15-5-14(25-10-18(2,3)24)9-23-16(15)13(6-20)8-22-23/h4-5,7-9,24H,10H2,1-3H3. The number of ether oxygens (including phenoxy) is 1. The number of nitriles is 1. The molecule has 1 N–H and O–H groups in total. The second kappa shape index (κ2) is 6.15. The van der Waals surface area contributed by atoms with Gasteiger partial charge < -0.3 is 9.84 Å². The fourth-order valence-electron chi connectivity index (χ4n) is 2.44. The van der Waals surface area contributed by atoms with Crippen LogP contribution >= 0.6 is 0 Å². The van der Waals surface area contributed by atoms with Crippen LogP contribution in [0.1, 0.15) is 25.0 Å². The molecule has 0 aliphatic carbocycles. The summed E-state index contributed by atoms with van der Waals surface area (Å²) in [4.78, 5) is 3.76. The molecule has 0 saturated carbocycles. The Labute approximate surface area is 144 Å². The number of aromatic nitrogens is 3. The third kappa shape index (κ3) is 3.44. The van der Waals surface area contributed by atoms with Gasteiger partial charge in [-0.1, -0.05) is 0 Å². The molecule has 0 spiro atoms. The number of aliphatic hydroxyl groups is 1. The summed E-state index contributed by atoms with van der Waals surface area (Å²) in [6.07, 6.45) is 4.50. The van der Waals surface area contributed by atoms with E-state index < -0.39 is 11.5 Å². The van der Waals surface area contributed by atoms with Gasteiger partial charge in [0.2, 0.25) is 5.95 Å². The highest BCUT2D eigenvalue weighted by molar-refractivity contribution is 5.85. The predicted molar refractivity (Wildman–Crippen MR) is 89.6 cm³/mol. The van der Waals surface area contributed by atoms with Crippen LogP contribution in [0.5, 0.6) is 5.75 Å². The van der Waals surface area contributed by atoms with Gasteiger partial charge in [0.25, 0.3) is 0 Å². The van der Waals surface area contributed by atoms with Crippen molar-refractivity contribution in [2.75, 3.05) is 6.61 Å². The van der Waals surface area contributed by atoms with Crippen LogP contribution in [-0.4, -0.2) is 31.9 Å². The Morgan fingerprint density at radius 2 is 2.12 bits per heavy atom. The van der Waals surface area contributed by atoms with Crippen molar-refractivity contribution in [3.05, 3.63) is 47.8 Å². The summed E-state index contributed by atoms with van der Waals surface area (Å²) < 4.78 is 20.7. The Kier molecular flexibility index (Phi) is 4.15. The molecule has 128 valence electrons. The molecule has 0 atom stereocenters. The number of aryl methyl sites for hydroxylation is 1. The molecule has 0 aliphatic heterocycles. The van der Waals surface area contributed by atoms with E-state index in [-0.39, 0.29) is 6.61 Å². The summed E-state index contributed by atoms with van der Waals surface area (Å²) >= 11 is 0. The summed E-state index contributed by atoms with van der Waals surface area (Å²) in [5.41, 5.74) is 1.69. The largest absolute Gasteiger partial charge is 0.489 e. The van der Waals surface area contributed by atoms with Crippen LogP contribution < -0.4 is 4.74 Å². The van der Waals surface area contributed by atoms with E-state index in [0.29, 0.717) is 33.5 Å². The lowest BCUT2D eigenvalue weighted by Gasteiger charge is -2.18. The molecule has 0 fully saturated rings. The molecular formula is C18H17FN4O2. The van der Waals surface area contributed by atoms with Crippen molar-refractivity contribution in [2.24, 2.45) is 0 Å². The smallest absolute Gasteiger partial charge is 0.215 e. The SMILES string of the molecule is Cc1cc(-c2cc(OCC(C)(C)O)cn3ncc(C#N)c23)cnc1F. The zero-order valence-electron chi connectivity index (χ0n) is 14.1. The van der Waals surface area contributed by atoms with Crippen LogP contribution in [0.25, 0.3) is 16.6 Å². The molecule has 0 amide bonds. The van der Waals surface area contributed by atoms with Crippen molar-refractivity contribution in [3.63, 3.8) is 0 Å². The van der Waals surface area contributed by atoms with E-state index in [2.05, 4.69) is 16.2 Å². The maximum absolute atomic E-state index is 13.5. The lowest BCUT2D eigenvalue weighted by molar-refractivity contribution is 0.0283. The van der Waals surface area contributed by atoms with E-state index in [0.717, 1.165) is 0 Å². The van der Waals surface area contributed by atoms with E-state index >= 15 is 0 Å². The van der Waals surface area contributed by atoms with E-state index in [4.69, 9.17) is 4.74 Å². The first-order chi connectivity index (χ1) is 11.8. The number of halogens is 1. The minimum atomic E-state index is -0.995. The third-order valence-corrected chi connectivity index (χ3v) is 3.62. The second-order valence-electron chi connectivity index (χ2n) is 6.49. The van der Waals surface area contributed by atoms with Crippen LogP contribution in [0.2, 0.25) is 0 Å². The molecule has 0 radical (unpaired) electrons. The van der Waals surface area contributed by atoms with Crippen molar-refractivity contribution in [1.82, 2.24) is 14.6 Å². The second-order valence-corrected chi connectivity index (χ2v) is 6.49. The van der Waals surface area contributed by atoms with Gasteiger partial charge in [-0.15, -0.1) is 0 Å². The Hall–Kier alpha value is -2.98. The third-order valence-electron chi connectivity index (χ3n) is 3.62. The van der Waals surface area contributed by atoms with Crippen LogP contribution in [0.3, 0.4) is 0 Å². The average molecular weight is 340 g/mol. The summed E-state index contributed by atoms with van der Waals surface area (Å²) in [6, 6.07) is 5.50. The number of rotatable bonds is 4. The highest BCUT2D eigenvalue weighted by atomic mass is 19.1. The molecule has 7 heteroatoms. The molecule has 6 nitrogen and oxygen atoms in total. The Balaban J connectivity index is 2.17. The topological polar surface area (TPSA) is 83.4 Å². The maximum atomic E-state index is 13.5. The molecule has 3 heterocycles. The van der Waals surface area contributed by atoms with Crippen LogP contribution in [0, 0.1) is 24.2 Å².